The molecule has 0 bridgehead atoms. The van der Waals surface area contributed by atoms with Crippen molar-refractivity contribution in [1.29, 1.82) is 0 Å². The highest BCUT2D eigenvalue weighted by atomic mass is 35.5. The number of rotatable bonds is 9. The third-order valence-corrected chi connectivity index (χ3v) is 15.0. The van der Waals surface area contributed by atoms with Crippen LogP contribution in [0.15, 0.2) is 72.8 Å². The van der Waals surface area contributed by atoms with Gasteiger partial charge in [0.15, 0.2) is 0 Å². The fraction of sp³-hybridized carbons (Fsp3) is 0.415. The number of piperidine rings is 1. The Balaban J connectivity index is 0.917. The lowest BCUT2D eigenvalue weighted by molar-refractivity contribution is -0.137. The largest absolute Gasteiger partial charge is 0.495 e. The summed E-state index contributed by atoms with van der Waals surface area (Å²) in [7, 11) is 1.48. The number of amides is 5. The van der Waals surface area contributed by atoms with Crippen LogP contribution in [0, 0.1) is 29.0 Å². The van der Waals surface area contributed by atoms with Crippen LogP contribution in [-0.2, 0) is 26.3 Å². The van der Waals surface area contributed by atoms with Crippen LogP contribution >= 0.6 is 23.2 Å². The molecule has 4 heterocycles. The number of hydrogen-bond donors (Lipinski definition) is 5. The van der Waals surface area contributed by atoms with Gasteiger partial charge in [-0.05, 0) is 102 Å². The number of imide groups is 1. The minimum absolute atomic E-state index is 0.0308. The fourth-order valence-corrected chi connectivity index (χ4v) is 11.6. The van der Waals surface area contributed by atoms with E-state index in [0.29, 0.717) is 52.4 Å². The van der Waals surface area contributed by atoms with Crippen LogP contribution in [0.4, 0.5) is 15.8 Å². The van der Waals surface area contributed by atoms with E-state index in [-0.39, 0.29) is 71.3 Å². The van der Waals surface area contributed by atoms with Crippen molar-refractivity contribution in [3.05, 3.63) is 122 Å². The number of methoxy groups -OCH3 is 1. The van der Waals surface area contributed by atoms with Crippen molar-refractivity contribution in [3.63, 3.8) is 0 Å². The zero-order valence-corrected chi connectivity index (χ0v) is 40.0. The Morgan fingerprint density at radius 1 is 0.985 bits per heavy atom. The average Bonchev–Trinajstić information content (AvgIpc) is 3.95. The standard InChI is InChI=1S/C53H55Cl2FN6O6/c1-52(2,3)26-43-53(28-57-40-25-32(54)19-20-36(40)53)45(34-15-9-16-37(55)46(34)56)47(60-43)50(66)59-39-21-18-31(24-42(39)68-4)48(64)58-38-17-6-5-10-30(38)13-7-11-29-12-8-14-33-35(29)27-62(51(33)67)41-22-23-44(63)61-49(41)65/h8-9,12,14-16,18-21,24-25,30,38,41,43,45,47,57,60H,5-6,10,13,17,22-23,26-28H2,1-4H3,(H,58,64)(H,59,66)(H,61,63,65)/t30-,38+,41?,43+,45+,47-,53+/m1/s1. The molecule has 1 aliphatic carbocycles. The van der Waals surface area contributed by atoms with E-state index in [0.717, 1.165) is 42.5 Å². The first-order valence-corrected chi connectivity index (χ1v) is 24.1. The molecule has 1 unspecified atom stereocenters. The molecule has 4 aromatic rings. The van der Waals surface area contributed by atoms with Crippen molar-refractivity contribution >= 4 is 64.1 Å². The number of benzene rings is 4. The fourth-order valence-electron chi connectivity index (χ4n) is 11.3. The molecule has 68 heavy (non-hydrogen) atoms. The van der Waals surface area contributed by atoms with E-state index in [2.05, 4.69) is 59.2 Å². The van der Waals surface area contributed by atoms with Gasteiger partial charge in [-0.2, -0.15) is 0 Å². The maximum Gasteiger partial charge on any atom is 0.255 e. The Bertz CT molecular complexity index is 2780. The first kappa shape index (κ1) is 47.1. The molecular formula is C53H55Cl2FN6O6. The molecule has 4 aromatic carbocycles. The number of carbonyl (C=O) groups is 5. The quantitative estimate of drug-likeness (QED) is 0.0826. The lowest BCUT2D eigenvalue weighted by Gasteiger charge is -2.39. The molecule has 5 N–H and O–H groups in total. The molecule has 15 heteroatoms. The summed E-state index contributed by atoms with van der Waals surface area (Å²) in [6, 6.07) is 18.9. The molecule has 7 atom stereocenters. The first-order valence-electron chi connectivity index (χ1n) is 23.4. The van der Waals surface area contributed by atoms with Gasteiger partial charge in [-0.3, -0.25) is 29.3 Å². The molecule has 9 rings (SSSR count). The van der Waals surface area contributed by atoms with Crippen molar-refractivity contribution in [2.75, 3.05) is 24.3 Å². The molecule has 12 nitrogen and oxygen atoms in total. The van der Waals surface area contributed by atoms with Crippen molar-refractivity contribution in [3.8, 4) is 17.6 Å². The van der Waals surface area contributed by atoms with E-state index in [1.807, 2.05) is 24.3 Å². The predicted molar refractivity (Wildman–Crippen MR) is 259 cm³/mol. The summed E-state index contributed by atoms with van der Waals surface area (Å²) >= 11 is 12.9. The van der Waals surface area contributed by atoms with Gasteiger partial charge in [0.05, 0.1) is 23.9 Å². The minimum Gasteiger partial charge on any atom is -0.495 e. The van der Waals surface area contributed by atoms with E-state index in [4.69, 9.17) is 27.9 Å². The monoisotopic (exact) mass is 960 g/mol. The highest BCUT2D eigenvalue weighted by molar-refractivity contribution is 6.31. The summed E-state index contributed by atoms with van der Waals surface area (Å²) in [6.45, 7) is 7.10. The van der Waals surface area contributed by atoms with Gasteiger partial charge in [0.25, 0.3) is 11.8 Å². The Hall–Kier alpha value is -5.94. The smallest absolute Gasteiger partial charge is 0.255 e. The molecule has 0 radical (unpaired) electrons. The van der Waals surface area contributed by atoms with Crippen LogP contribution in [-0.4, -0.2) is 72.3 Å². The molecule has 4 aliphatic heterocycles. The normalized spacial score (nSPS) is 25.2. The number of fused-ring (bicyclic) bond motifs is 3. The summed E-state index contributed by atoms with van der Waals surface area (Å²) in [4.78, 5) is 68.0. The van der Waals surface area contributed by atoms with Crippen LogP contribution in [0.25, 0.3) is 0 Å². The second-order valence-corrected chi connectivity index (χ2v) is 20.8. The molecule has 354 valence electrons. The minimum atomic E-state index is -0.907. The second kappa shape index (κ2) is 18.9. The number of nitrogens with zero attached hydrogens (tertiary/aromatic N) is 1. The molecule has 3 fully saturated rings. The first-order chi connectivity index (χ1) is 32.6. The third-order valence-electron chi connectivity index (χ3n) is 14.5. The Labute approximate surface area is 405 Å². The summed E-state index contributed by atoms with van der Waals surface area (Å²) in [5.74, 6) is 4.00. The van der Waals surface area contributed by atoms with Crippen molar-refractivity contribution in [2.45, 2.75) is 114 Å². The third kappa shape index (κ3) is 8.94. The van der Waals surface area contributed by atoms with Crippen LogP contribution in [0.2, 0.25) is 10.0 Å². The van der Waals surface area contributed by atoms with E-state index in [9.17, 15) is 24.0 Å². The zero-order chi connectivity index (χ0) is 48.1. The number of halogens is 3. The summed E-state index contributed by atoms with van der Waals surface area (Å²) in [5.41, 5.74) is 3.88. The van der Waals surface area contributed by atoms with E-state index >= 15 is 4.39 Å². The maximum atomic E-state index is 16.3. The van der Waals surface area contributed by atoms with Gasteiger partial charge < -0.3 is 30.9 Å². The van der Waals surface area contributed by atoms with Crippen LogP contribution in [0.3, 0.4) is 0 Å². The van der Waals surface area contributed by atoms with Gasteiger partial charge in [-0.25, -0.2) is 4.39 Å². The molecule has 1 saturated carbocycles. The number of carbonyl (C=O) groups excluding carboxylic acids is 5. The summed E-state index contributed by atoms with van der Waals surface area (Å²) in [5, 5.41) is 16.4. The highest BCUT2D eigenvalue weighted by Crippen LogP contribution is 2.57. The molecule has 1 spiro atoms. The number of hydrogen-bond acceptors (Lipinski definition) is 8. The van der Waals surface area contributed by atoms with Crippen molar-refractivity contribution in [1.82, 2.24) is 20.9 Å². The molecule has 2 saturated heterocycles. The van der Waals surface area contributed by atoms with Gasteiger partial charge in [0, 0.05) is 76.7 Å². The average molecular weight is 962 g/mol. The van der Waals surface area contributed by atoms with Crippen molar-refractivity contribution < 1.29 is 33.1 Å². The lowest BCUT2D eigenvalue weighted by atomic mass is 9.63. The summed E-state index contributed by atoms with van der Waals surface area (Å²) < 4.78 is 22.1. The van der Waals surface area contributed by atoms with Gasteiger partial charge >= 0.3 is 0 Å². The topological polar surface area (TPSA) is 158 Å². The lowest BCUT2D eigenvalue weighted by Crippen LogP contribution is -2.52. The number of ether oxygens (including phenoxy) is 1. The Morgan fingerprint density at radius 3 is 2.56 bits per heavy atom. The molecule has 0 aromatic heterocycles. The number of nitrogens with one attached hydrogen (secondary N) is 5. The van der Waals surface area contributed by atoms with Gasteiger partial charge in [-0.1, -0.05) is 92.9 Å². The van der Waals surface area contributed by atoms with Gasteiger partial charge in [0.1, 0.15) is 17.6 Å². The Morgan fingerprint density at radius 2 is 1.78 bits per heavy atom. The summed E-state index contributed by atoms with van der Waals surface area (Å²) in [6.07, 6.45) is 5.28. The molecule has 5 aliphatic rings. The molecular weight excluding hydrogens is 907 g/mol. The van der Waals surface area contributed by atoms with Gasteiger partial charge in [-0.15, -0.1) is 0 Å². The highest BCUT2D eigenvalue weighted by Gasteiger charge is 2.61. The van der Waals surface area contributed by atoms with E-state index in [1.165, 1.54) is 18.1 Å². The van der Waals surface area contributed by atoms with Crippen LogP contribution in [0.1, 0.15) is 121 Å². The van der Waals surface area contributed by atoms with E-state index in [1.54, 1.807) is 42.5 Å². The Kier molecular flexibility index (Phi) is 13.1. The zero-order valence-electron chi connectivity index (χ0n) is 38.5. The SMILES string of the molecule is COc1cc(C(=O)N[C@H]2CCCC[C@@H]2CC#Cc2cccc3c2CN(C2CCC(=O)NC2=O)C3=O)ccc1NC(=O)[C@@H]1N[C@@H](CC(C)(C)C)[C@@]2(CNc3cc(Cl)ccc32)[C@H]1c1cccc(Cl)c1F. The van der Waals surface area contributed by atoms with Crippen LogP contribution in [0.5, 0.6) is 5.75 Å². The van der Waals surface area contributed by atoms with Crippen molar-refractivity contribution in [2.24, 2.45) is 11.3 Å². The van der Waals surface area contributed by atoms with E-state index < -0.39 is 41.0 Å². The molecule has 5 amide bonds. The second-order valence-electron chi connectivity index (χ2n) is 19.9. The predicted octanol–water partition coefficient (Wildman–Crippen LogP) is 8.49. The number of anilines is 2. The maximum absolute atomic E-state index is 16.3. The van der Waals surface area contributed by atoms with Gasteiger partial charge in [0.2, 0.25) is 17.7 Å². The van der Waals surface area contributed by atoms with Crippen LogP contribution < -0.4 is 31.3 Å².